The van der Waals surface area contributed by atoms with Crippen molar-refractivity contribution in [1.82, 2.24) is 0 Å². The largest absolute Gasteiger partial charge is 0.462 e. The second-order valence-corrected chi connectivity index (χ2v) is 21.5. The Morgan fingerprint density at radius 2 is 0.538 bits per heavy atom. The maximum atomic E-state index is 12.9. The van der Waals surface area contributed by atoms with Crippen LogP contribution in [0.4, 0.5) is 0 Å². The second kappa shape index (κ2) is 50.3. The molecule has 0 aliphatic rings. The molecular formula is C59H114O6. The normalized spacial score (nSPS) is 12.6. The van der Waals surface area contributed by atoms with Gasteiger partial charge in [-0.1, -0.05) is 286 Å². The Hall–Kier alpha value is -1.59. The van der Waals surface area contributed by atoms with Gasteiger partial charge in [0.2, 0.25) is 0 Å². The summed E-state index contributed by atoms with van der Waals surface area (Å²) in [5, 5.41) is 0. The molecule has 0 bridgehead atoms. The molecular weight excluding hydrogens is 805 g/mol. The summed E-state index contributed by atoms with van der Waals surface area (Å²) in [5.41, 5.74) is 0. The molecule has 0 fully saturated rings. The highest BCUT2D eigenvalue weighted by molar-refractivity contribution is 5.71. The van der Waals surface area contributed by atoms with Crippen molar-refractivity contribution >= 4 is 17.9 Å². The first kappa shape index (κ1) is 63.4. The van der Waals surface area contributed by atoms with E-state index in [1.807, 2.05) is 0 Å². The summed E-state index contributed by atoms with van der Waals surface area (Å²) in [6, 6.07) is 0. The number of esters is 3. The van der Waals surface area contributed by atoms with Gasteiger partial charge in [0.1, 0.15) is 13.2 Å². The van der Waals surface area contributed by atoms with E-state index in [-0.39, 0.29) is 31.1 Å². The molecule has 6 heteroatoms. The molecule has 0 aliphatic carbocycles. The molecule has 0 rings (SSSR count). The zero-order chi connectivity index (χ0) is 47.7. The lowest BCUT2D eigenvalue weighted by Gasteiger charge is -2.18. The van der Waals surface area contributed by atoms with Crippen LogP contribution in [0.1, 0.15) is 324 Å². The Bertz CT molecular complexity index is 1010. The van der Waals surface area contributed by atoms with Gasteiger partial charge in [-0.05, 0) is 37.0 Å². The minimum Gasteiger partial charge on any atom is -0.462 e. The molecule has 0 saturated heterocycles. The molecule has 0 saturated carbocycles. The van der Waals surface area contributed by atoms with Crippen molar-refractivity contribution in [2.75, 3.05) is 13.2 Å². The van der Waals surface area contributed by atoms with E-state index in [4.69, 9.17) is 14.2 Å². The van der Waals surface area contributed by atoms with Gasteiger partial charge in [0.25, 0.3) is 0 Å². The van der Waals surface area contributed by atoms with Gasteiger partial charge in [0.05, 0.1) is 0 Å². The van der Waals surface area contributed by atoms with Gasteiger partial charge in [0, 0.05) is 19.3 Å². The number of carbonyl (C=O) groups is 3. The Morgan fingerprint density at radius 1 is 0.308 bits per heavy atom. The van der Waals surface area contributed by atoms with E-state index in [2.05, 4.69) is 41.5 Å². The minimum atomic E-state index is -0.764. The number of hydrogen-bond acceptors (Lipinski definition) is 6. The third-order valence-electron chi connectivity index (χ3n) is 13.8. The molecule has 0 aromatic rings. The van der Waals surface area contributed by atoms with E-state index < -0.39 is 6.10 Å². The highest BCUT2D eigenvalue weighted by Gasteiger charge is 2.19. The van der Waals surface area contributed by atoms with Gasteiger partial charge in [-0.25, -0.2) is 0 Å². The molecule has 0 aromatic carbocycles. The van der Waals surface area contributed by atoms with Gasteiger partial charge >= 0.3 is 17.9 Å². The number of hydrogen-bond donors (Lipinski definition) is 0. The molecule has 65 heavy (non-hydrogen) atoms. The summed E-state index contributed by atoms with van der Waals surface area (Å²) < 4.78 is 16.9. The number of rotatable bonds is 52. The van der Waals surface area contributed by atoms with Crippen LogP contribution in [0.2, 0.25) is 0 Å². The Labute approximate surface area is 406 Å². The summed E-state index contributed by atoms with van der Waals surface area (Å²) in [6.45, 7) is 13.8. The first-order chi connectivity index (χ1) is 31.6. The summed E-state index contributed by atoms with van der Waals surface area (Å²) in [6.07, 6.45) is 52.5. The molecule has 0 radical (unpaired) electrons. The quantitative estimate of drug-likeness (QED) is 0.0344. The fraction of sp³-hybridized carbons (Fsp3) is 0.949. The maximum absolute atomic E-state index is 12.9. The predicted octanol–water partition coefficient (Wildman–Crippen LogP) is 19.1. The predicted molar refractivity (Wildman–Crippen MR) is 279 cm³/mol. The lowest BCUT2D eigenvalue weighted by molar-refractivity contribution is -0.167. The third-order valence-corrected chi connectivity index (χ3v) is 13.8. The van der Waals surface area contributed by atoms with Crippen LogP contribution in [-0.2, 0) is 28.6 Å². The molecule has 0 N–H and O–H groups in total. The van der Waals surface area contributed by atoms with Gasteiger partial charge in [-0.3, -0.25) is 14.4 Å². The van der Waals surface area contributed by atoms with Crippen molar-refractivity contribution in [3.63, 3.8) is 0 Å². The Balaban J connectivity index is 4.23. The van der Waals surface area contributed by atoms with E-state index in [0.717, 1.165) is 75.5 Å². The first-order valence-corrected chi connectivity index (χ1v) is 29.1. The van der Waals surface area contributed by atoms with E-state index in [9.17, 15) is 14.4 Å². The Kier molecular flexibility index (Phi) is 49.1. The highest BCUT2D eigenvalue weighted by atomic mass is 16.6. The lowest BCUT2D eigenvalue weighted by atomic mass is 10.00. The van der Waals surface area contributed by atoms with Crippen LogP contribution in [0.25, 0.3) is 0 Å². The highest BCUT2D eigenvalue weighted by Crippen LogP contribution is 2.19. The minimum absolute atomic E-state index is 0.0643. The average Bonchev–Trinajstić information content (AvgIpc) is 3.28. The van der Waals surface area contributed by atoms with Crippen molar-refractivity contribution in [1.29, 1.82) is 0 Å². The third kappa shape index (κ3) is 51.6. The summed E-state index contributed by atoms with van der Waals surface area (Å²) in [4.78, 5) is 38.1. The SMILES string of the molecule is CCC(C)CCCCCCCCC(=O)OC[C@@H](COC(=O)CCCCCCCCCCCCCCCC(C)C)OC(=O)CCCCCCCCCCCCCCCCCCCCC(C)C. The summed E-state index contributed by atoms with van der Waals surface area (Å²) >= 11 is 0. The zero-order valence-electron chi connectivity index (χ0n) is 44.8. The van der Waals surface area contributed by atoms with Gasteiger partial charge in [-0.2, -0.15) is 0 Å². The molecule has 0 spiro atoms. The molecule has 0 aromatic heterocycles. The molecule has 0 aliphatic heterocycles. The zero-order valence-corrected chi connectivity index (χ0v) is 44.8. The molecule has 1 unspecified atom stereocenters. The molecule has 386 valence electrons. The van der Waals surface area contributed by atoms with Crippen LogP contribution in [-0.4, -0.2) is 37.2 Å². The van der Waals surface area contributed by atoms with Gasteiger partial charge in [0.15, 0.2) is 6.10 Å². The maximum Gasteiger partial charge on any atom is 0.306 e. The van der Waals surface area contributed by atoms with Crippen molar-refractivity contribution in [2.45, 2.75) is 330 Å². The van der Waals surface area contributed by atoms with Gasteiger partial charge < -0.3 is 14.2 Å². The second-order valence-electron chi connectivity index (χ2n) is 21.5. The van der Waals surface area contributed by atoms with Crippen LogP contribution < -0.4 is 0 Å². The van der Waals surface area contributed by atoms with Crippen LogP contribution in [0.5, 0.6) is 0 Å². The van der Waals surface area contributed by atoms with Crippen LogP contribution in [0, 0.1) is 17.8 Å². The first-order valence-electron chi connectivity index (χ1n) is 29.1. The summed E-state index contributed by atoms with van der Waals surface area (Å²) in [5.74, 6) is 1.66. The number of carbonyl (C=O) groups excluding carboxylic acids is 3. The van der Waals surface area contributed by atoms with Crippen molar-refractivity contribution < 1.29 is 28.6 Å². The standard InChI is InChI=1S/C59H114O6/c1-7-55(6)47-41-35-31-32-37-43-49-58(61)64-52-56(51-63-57(60)48-42-36-29-25-21-18-14-16-20-24-28-34-40-46-54(4)5)65-59(62)50-44-38-30-26-22-17-13-11-9-8-10-12-15-19-23-27-33-39-45-53(2)3/h53-56H,7-52H2,1-6H3/t55?,56-/m1/s1. The lowest BCUT2D eigenvalue weighted by Crippen LogP contribution is -2.30. The van der Waals surface area contributed by atoms with Crippen molar-refractivity contribution in [2.24, 2.45) is 17.8 Å². The van der Waals surface area contributed by atoms with Crippen LogP contribution in [0.3, 0.4) is 0 Å². The fourth-order valence-corrected chi connectivity index (χ4v) is 8.97. The van der Waals surface area contributed by atoms with E-state index >= 15 is 0 Å². The van der Waals surface area contributed by atoms with E-state index in [0.29, 0.717) is 19.3 Å². The smallest absolute Gasteiger partial charge is 0.306 e. The van der Waals surface area contributed by atoms with Crippen LogP contribution >= 0.6 is 0 Å². The van der Waals surface area contributed by atoms with Crippen LogP contribution in [0.15, 0.2) is 0 Å². The van der Waals surface area contributed by atoms with Gasteiger partial charge in [-0.15, -0.1) is 0 Å². The van der Waals surface area contributed by atoms with Crippen molar-refractivity contribution in [3.8, 4) is 0 Å². The van der Waals surface area contributed by atoms with Crippen molar-refractivity contribution in [3.05, 3.63) is 0 Å². The number of ether oxygens (including phenoxy) is 3. The van der Waals surface area contributed by atoms with E-state index in [1.165, 1.54) is 205 Å². The molecule has 2 atom stereocenters. The molecule has 0 amide bonds. The topological polar surface area (TPSA) is 78.9 Å². The molecule has 0 heterocycles. The summed E-state index contributed by atoms with van der Waals surface area (Å²) in [7, 11) is 0. The number of unbranched alkanes of at least 4 members (excludes halogenated alkanes) is 34. The molecule has 6 nitrogen and oxygen atoms in total. The monoisotopic (exact) mass is 919 g/mol. The van der Waals surface area contributed by atoms with E-state index in [1.54, 1.807) is 0 Å². The Morgan fingerprint density at radius 3 is 0.800 bits per heavy atom. The average molecular weight is 920 g/mol. The fourth-order valence-electron chi connectivity index (χ4n) is 8.97.